The zero-order chi connectivity index (χ0) is 10.9. The molecule has 15 heavy (non-hydrogen) atoms. The molecule has 1 heterocycles. The molecule has 0 aliphatic rings. The Morgan fingerprint density at radius 3 is 1.93 bits per heavy atom. The topological polar surface area (TPSA) is 12.9 Å². The van der Waals surface area contributed by atoms with Crippen LogP contribution in [0.3, 0.4) is 0 Å². The largest absolute Gasteiger partial charge is 0.250 e. The van der Waals surface area contributed by atoms with Gasteiger partial charge in [-0.15, -0.1) is 12.6 Å². The van der Waals surface area contributed by atoms with Crippen LogP contribution < -0.4 is 0 Å². The second kappa shape index (κ2) is 7.37. The normalized spacial score (nSPS) is 8.93. The van der Waals surface area contributed by atoms with Gasteiger partial charge in [0.05, 0.1) is 5.03 Å². The Morgan fingerprint density at radius 2 is 1.60 bits per heavy atom. The number of thiol groups is 2. The van der Waals surface area contributed by atoms with Gasteiger partial charge < -0.3 is 0 Å². The second-order valence-electron chi connectivity index (χ2n) is 2.83. The third kappa shape index (κ3) is 5.50. The molecule has 1 aromatic heterocycles. The van der Waals surface area contributed by atoms with E-state index in [9.17, 15) is 0 Å². The average Bonchev–Trinajstić information content (AvgIpc) is 2.32. The molecule has 0 spiro atoms. The Bertz CT molecular complexity index is 362. The summed E-state index contributed by atoms with van der Waals surface area (Å²) in [5.74, 6) is 0.834. The Kier molecular flexibility index (Phi) is 5.97. The maximum Gasteiger partial charge on any atom is 0.0929 e. The third-order valence-corrected chi connectivity index (χ3v) is 2.30. The fourth-order valence-electron chi connectivity index (χ4n) is 0.937. The van der Waals surface area contributed by atoms with Crippen molar-refractivity contribution in [3.63, 3.8) is 0 Å². The van der Waals surface area contributed by atoms with Crippen molar-refractivity contribution in [2.45, 2.75) is 10.8 Å². The molecule has 3 heteroatoms. The number of benzene rings is 1. The first-order chi connectivity index (χ1) is 7.33. The first-order valence-electron chi connectivity index (χ1n) is 4.57. The molecule has 0 N–H and O–H groups in total. The van der Waals surface area contributed by atoms with Gasteiger partial charge in [0.25, 0.3) is 0 Å². The zero-order valence-electron chi connectivity index (χ0n) is 8.24. The van der Waals surface area contributed by atoms with E-state index in [0.29, 0.717) is 0 Å². The number of aromatic nitrogens is 1. The summed E-state index contributed by atoms with van der Waals surface area (Å²) in [7, 11) is 0. The van der Waals surface area contributed by atoms with Gasteiger partial charge in [0.15, 0.2) is 0 Å². The summed E-state index contributed by atoms with van der Waals surface area (Å²) in [6.45, 7) is 0. The summed E-state index contributed by atoms with van der Waals surface area (Å²) in [5, 5.41) is 0.766. The Balaban J connectivity index is 0.000000151. The van der Waals surface area contributed by atoms with Crippen molar-refractivity contribution in [3.8, 4) is 0 Å². The highest BCUT2D eigenvalue weighted by atomic mass is 32.1. The zero-order valence-corrected chi connectivity index (χ0v) is 10.0. The first-order valence-corrected chi connectivity index (χ1v) is 5.65. The number of nitrogens with zero attached hydrogens (tertiary/aromatic N) is 1. The molecule has 0 atom stereocenters. The molecule has 0 unspecified atom stereocenters. The standard InChI is InChI=1S/C7H8S.C5H5NS/c8-6-7-4-2-1-3-5-7;7-5-3-1-2-4-6-5/h1-5,8H,6H2;1-4H,(H,6,7). The summed E-state index contributed by atoms with van der Waals surface area (Å²) in [6, 6.07) is 15.8. The lowest BCUT2D eigenvalue weighted by molar-refractivity contribution is 1.14. The van der Waals surface area contributed by atoms with Gasteiger partial charge in [-0.05, 0) is 17.7 Å². The van der Waals surface area contributed by atoms with E-state index in [1.54, 1.807) is 6.20 Å². The van der Waals surface area contributed by atoms with Crippen LogP contribution in [0.4, 0.5) is 0 Å². The maximum absolute atomic E-state index is 4.11. The monoisotopic (exact) mass is 235 g/mol. The molecule has 1 nitrogen and oxygen atoms in total. The van der Waals surface area contributed by atoms with Crippen LogP contribution in [0, 0.1) is 0 Å². The highest BCUT2D eigenvalue weighted by Crippen LogP contribution is 2.00. The molecule has 0 aliphatic heterocycles. The number of pyridine rings is 1. The minimum Gasteiger partial charge on any atom is -0.250 e. The summed E-state index contributed by atoms with van der Waals surface area (Å²) in [6.07, 6.45) is 1.71. The predicted molar refractivity (Wildman–Crippen MR) is 70.6 cm³/mol. The predicted octanol–water partition coefficient (Wildman–Crippen LogP) is 3.49. The summed E-state index contributed by atoms with van der Waals surface area (Å²) in [4.78, 5) is 3.84. The van der Waals surface area contributed by atoms with Crippen LogP contribution in [0.5, 0.6) is 0 Å². The van der Waals surface area contributed by atoms with E-state index in [4.69, 9.17) is 0 Å². The van der Waals surface area contributed by atoms with Gasteiger partial charge in [0, 0.05) is 11.9 Å². The van der Waals surface area contributed by atoms with E-state index in [0.717, 1.165) is 10.8 Å². The molecule has 0 saturated carbocycles. The minimum absolute atomic E-state index is 0.766. The van der Waals surface area contributed by atoms with Crippen LogP contribution in [0.15, 0.2) is 59.8 Å². The molecule has 2 aromatic rings. The molecule has 0 radical (unpaired) electrons. The van der Waals surface area contributed by atoms with Gasteiger partial charge in [0.1, 0.15) is 0 Å². The number of rotatable bonds is 1. The fraction of sp³-hybridized carbons (Fsp3) is 0.0833. The number of hydrogen-bond donors (Lipinski definition) is 2. The van der Waals surface area contributed by atoms with Gasteiger partial charge in [0.2, 0.25) is 0 Å². The van der Waals surface area contributed by atoms with Crippen molar-refractivity contribution in [1.29, 1.82) is 0 Å². The summed E-state index contributed by atoms with van der Waals surface area (Å²) >= 11 is 8.08. The Labute approximate surface area is 101 Å². The van der Waals surface area contributed by atoms with Crippen molar-refractivity contribution in [2.24, 2.45) is 0 Å². The van der Waals surface area contributed by atoms with E-state index < -0.39 is 0 Å². The average molecular weight is 235 g/mol. The molecule has 0 fully saturated rings. The van der Waals surface area contributed by atoms with Crippen molar-refractivity contribution < 1.29 is 0 Å². The van der Waals surface area contributed by atoms with Crippen LogP contribution in [0.2, 0.25) is 0 Å². The molecule has 0 bridgehead atoms. The molecule has 1 aromatic carbocycles. The minimum atomic E-state index is 0.766. The van der Waals surface area contributed by atoms with Crippen molar-refractivity contribution in [1.82, 2.24) is 4.98 Å². The first kappa shape index (κ1) is 12.1. The van der Waals surface area contributed by atoms with Crippen LogP contribution in [0.1, 0.15) is 5.56 Å². The van der Waals surface area contributed by atoms with Crippen LogP contribution in [-0.4, -0.2) is 4.98 Å². The molecular formula is C12H13NS2. The molecule has 0 aliphatic carbocycles. The SMILES string of the molecule is SCc1ccccc1.Sc1ccccn1. The van der Waals surface area contributed by atoms with E-state index >= 15 is 0 Å². The number of hydrogen-bond acceptors (Lipinski definition) is 3. The van der Waals surface area contributed by atoms with E-state index in [1.165, 1.54) is 5.56 Å². The quantitative estimate of drug-likeness (QED) is 0.722. The molecule has 0 amide bonds. The summed E-state index contributed by atoms with van der Waals surface area (Å²) in [5.41, 5.74) is 1.27. The highest BCUT2D eigenvalue weighted by molar-refractivity contribution is 7.80. The lowest BCUT2D eigenvalue weighted by atomic mass is 10.2. The Hall–Kier alpha value is -0.930. The summed E-state index contributed by atoms with van der Waals surface area (Å²) < 4.78 is 0. The second-order valence-corrected chi connectivity index (χ2v) is 3.61. The van der Waals surface area contributed by atoms with Gasteiger partial charge in [-0.3, -0.25) is 4.98 Å². The van der Waals surface area contributed by atoms with Crippen molar-refractivity contribution >= 4 is 25.3 Å². The van der Waals surface area contributed by atoms with E-state index in [2.05, 4.69) is 42.4 Å². The lowest BCUT2D eigenvalue weighted by Gasteiger charge is -1.89. The van der Waals surface area contributed by atoms with Crippen molar-refractivity contribution in [2.75, 3.05) is 0 Å². The van der Waals surface area contributed by atoms with Crippen LogP contribution >= 0.6 is 25.3 Å². The molecule has 78 valence electrons. The third-order valence-electron chi connectivity index (χ3n) is 1.67. The molecule has 0 saturated heterocycles. The maximum atomic E-state index is 4.11. The van der Waals surface area contributed by atoms with E-state index in [-0.39, 0.29) is 0 Å². The van der Waals surface area contributed by atoms with Gasteiger partial charge in [-0.25, -0.2) is 0 Å². The molecule has 2 rings (SSSR count). The highest BCUT2D eigenvalue weighted by Gasteiger charge is 1.80. The van der Waals surface area contributed by atoms with Gasteiger partial charge >= 0.3 is 0 Å². The van der Waals surface area contributed by atoms with E-state index in [1.807, 2.05) is 36.4 Å². The lowest BCUT2D eigenvalue weighted by Crippen LogP contribution is -1.71. The van der Waals surface area contributed by atoms with Crippen molar-refractivity contribution in [3.05, 3.63) is 60.3 Å². The fourth-order valence-corrected chi connectivity index (χ4v) is 1.30. The van der Waals surface area contributed by atoms with Crippen LogP contribution in [-0.2, 0) is 5.75 Å². The molecular weight excluding hydrogens is 222 g/mol. The van der Waals surface area contributed by atoms with Gasteiger partial charge in [-0.1, -0.05) is 36.4 Å². The van der Waals surface area contributed by atoms with Gasteiger partial charge in [-0.2, -0.15) is 12.6 Å². The van der Waals surface area contributed by atoms with Crippen LogP contribution in [0.25, 0.3) is 0 Å². The smallest absolute Gasteiger partial charge is 0.0929 e. The Morgan fingerprint density at radius 1 is 0.933 bits per heavy atom.